The second kappa shape index (κ2) is 46.3. The fourth-order valence-corrected chi connectivity index (χ4v) is 6.63. The van der Waals surface area contributed by atoms with Gasteiger partial charge in [0, 0.05) is 38.9 Å². The van der Waals surface area contributed by atoms with Crippen LogP contribution in [0.3, 0.4) is 0 Å². The molecule has 1 fully saturated rings. The summed E-state index contributed by atoms with van der Waals surface area (Å²) in [7, 11) is 1.58. The Morgan fingerprint density at radius 1 is 0.797 bits per heavy atom. The Morgan fingerprint density at radius 2 is 1.36 bits per heavy atom. The van der Waals surface area contributed by atoms with Gasteiger partial charge in [0.25, 0.3) is 0 Å². The maximum atomic E-state index is 11.8. The zero-order valence-corrected chi connectivity index (χ0v) is 38.6. The van der Waals surface area contributed by atoms with Crippen molar-refractivity contribution in [1.82, 2.24) is 30.9 Å². The predicted molar refractivity (Wildman–Crippen MR) is 242 cm³/mol. The van der Waals surface area contributed by atoms with E-state index in [9.17, 15) is 33.6 Å². The molecule has 59 heavy (non-hydrogen) atoms. The molecule has 1 rings (SSSR count). The SMILES string of the molecule is CC.CCCCCCNC(=O)CCC(NC)C(=O)O.O=CCCCCCCCCCCCCCCC(=O)O.O=CNCCCCC1C(=O)NCN1CCC(NS)C(=O)S. The van der Waals surface area contributed by atoms with Crippen LogP contribution in [0.5, 0.6) is 0 Å². The number of hydrogen-bond acceptors (Lipinski definition) is 11. The molecule has 0 aromatic carbocycles. The molecule has 1 aliphatic heterocycles. The van der Waals surface area contributed by atoms with Crippen molar-refractivity contribution in [2.24, 2.45) is 0 Å². The highest BCUT2D eigenvalue weighted by atomic mass is 32.1. The van der Waals surface area contributed by atoms with E-state index in [1.54, 1.807) is 7.05 Å². The Morgan fingerprint density at radius 3 is 1.85 bits per heavy atom. The molecular formula is C42H82N6O9S2. The van der Waals surface area contributed by atoms with Gasteiger partial charge >= 0.3 is 11.9 Å². The number of unbranched alkanes of at least 4 members (excludes halogenated alkanes) is 16. The smallest absolute Gasteiger partial charge is 0.320 e. The Labute approximate surface area is 366 Å². The molecule has 0 spiro atoms. The summed E-state index contributed by atoms with van der Waals surface area (Å²) in [6.07, 6.45) is 25.2. The summed E-state index contributed by atoms with van der Waals surface area (Å²) in [5, 5.41) is 27.9. The van der Waals surface area contributed by atoms with Crippen LogP contribution < -0.4 is 26.0 Å². The summed E-state index contributed by atoms with van der Waals surface area (Å²) in [5.41, 5.74) is 0. The summed E-state index contributed by atoms with van der Waals surface area (Å²) < 4.78 is 2.61. The van der Waals surface area contributed by atoms with Gasteiger partial charge in [-0.25, -0.2) is 0 Å². The quantitative estimate of drug-likeness (QED) is 0.0195. The van der Waals surface area contributed by atoms with E-state index in [2.05, 4.69) is 58.4 Å². The number of carbonyl (C=O) groups is 7. The van der Waals surface area contributed by atoms with E-state index >= 15 is 0 Å². The predicted octanol–water partition coefficient (Wildman–Crippen LogP) is 6.20. The number of carbonyl (C=O) groups excluding carboxylic acids is 5. The number of amides is 3. The third-order valence-corrected chi connectivity index (χ3v) is 10.2. The molecule has 0 bridgehead atoms. The van der Waals surface area contributed by atoms with Crippen molar-refractivity contribution in [2.45, 2.75) is 193 Å². The normalized spacial score (nSPS) is 14.1. The topological polar surface area (TPSA) is 223 Å². The van der Waals surface area contributed by atoms with Crippen LogP contribution in [0.25, 0.3) is 0 Å². The number of carboxylic acids is 2. The largest absolute Gasteiger partial charge is 0.481 e. The number of rotatable bonds is 36. The summed E-state index contributed by atoms with van der Waals surface area (Å²) in [4.78, 5) is 77.7. The molecule has 3 amide bonds. The molecule has 3 unspecified atom stereocenters. The minimum absolute atomic E-state index is 0.0194. The molecule has 0 saturated carbocycles. The number of likely N-dealkylation sites (N-methyl/N-ethyl adjacent to an activating group) is 1. The van der Waals surface area contributed by atoms with Gasteiger partial charge in [-0.3, -0.25) is 38.4 Å². The number of aliphatic carboxylic acids is 2. The summed E-state index contributed by atoms with van der Waals surface area (Å²) in [5.74, 6) is -1.63. The van der Waals surface area contributed by atoms with Crippen LogP contribution in [0.1, 0.15) is 175 Å². The highest BCUT2D eigenvalue weighted by molar-refractivity contribution is 7.96. The maximum Gasteiger partial charge on any atom is 0.320 e. The molecule has 346 valence electrons. The molecule has 1 saturated heterocycles. The van der Waals surface area contributed by atoms with Crippen LogP contribution in [-0.2, 0) is 33.6 Å². The van der Waals surface area contributed by atoms with Crippen LogP contribution in [0.15, 0.2) is 0 Å². The molecule has 0 radical (unpaired) electrons. The van der Waals surface area contributed by atoms with Crippen molar-refractivity contribution in [3.05, 3.63) is 0 Å². The number of carboxylic acid groups (broad SMARTS) is 2. The van der Waals surface area contributed by atoms with Crippen molar-refractivity contribution in [1.29, 1.82) is 0 Å². The van der Waals surface area contributed by atoms with Crippen LogP contribution in [-0.4, -0.2) is 108 Å². The molecule has 0 aliphatic carbocycles. The monoisotopic (exact) mass is 879 g/mol. The van der Waals surface area contributed by atoms with Crippen molar-refractivity contribution in [3.8, 4) is 0 Å². The Hall–Kier alpha value is -2.73. The van der Waals surface area contributed by atoms with E-state index in [4.69, 9.17) is 10.2 Å². The Bertz CT molecular complexity index is 1080. The molecule has 1 heterocycles. The highest BCUT2D eigenvalue weighted by Crippen LogP contribution is 2.15. The molecule has 17 heteroatoms. The average molecular weight is 879 g/mol. The number of aldehydes is 1. The summed E-state index contributed by atoms with van der Waals surface area (Å²) in [6, 6.07) is -1.23. The van der Waals surface area contributed by atoms with E-state index in [0.29, 0.717) is 52.0 Å². The fraction of sp³-hybridized carbons (Fsp3) is 0.833. The maximum absolute atomic E-state index is 11.8. The van der Waals surface area contributed by atoms with Crippen LogP contribution in [0.4, 0.5) is 0 Å². The third kappa shape index (κ3) is 40.4. The van der Waals surface area contributed by atoms with E-state index < -0.39 is 24.0 Å². The second-order valence-corrected chi connectivity index (χ2v) is 15.1. The first-order valence-corrected chi connectivity index (χ1v) is 23.0. The fourth-order valence-electron chi connectivity index (χ4n) is 6.09. The number of thiol groups is 2. The second-order valence-electron chi connectivity index (χ2n) is 14.4. The highest BCUT2D eigenvalue weighted by Gasteiger charge is 2.32. The van der Waals surface area contributed by atoms with E-state index in [1.165, 1.54) is 70.6 Å². The molecule has 15 nitrogen and oxygen atoms in total. The third-order valence-electron chi connectivity index (χ3n) is 9.61. The van der Waals surface area contributed by atoms with Gasteiger partial charge in [0.2, 0.25) is 23.3 Å². The number of hydrogen-bond donors (Lipinski definition) is 9. The molecule has 3 atom stereocenters. The van der Waals surface area contributed by atoms with Gasteiger partial charge in [-0.2, -0.15) is 0 Å². The molecular weight excluding hydrogens is 797 g/mol. The van der Waals surface area contributed by atoms with Crippen LogP contribution in [0, 0.1) is 0 Å². The van der Waals surface area contributed by atoms with E-state index in [1.807, 2.05) is 18.7 Å². The average Bonchev–Trinajstić information content (AvgIpc) is 3.57. The first-order valence-electron chi connectivity index (χ1n) is 22.1. The van der Waals surface area contributed by atoms with Gasteiger partial charge in [0.05, 0.1) is 18.8 Å². The lowest BCUT2D eigenvalue weighted by Gasteiger charge is -2.23. The minimum atomic E-state index is -0.914. The zero-order valence-electron chi connectivity index (χ0n) is 36.8. The van der Waals surface area contributed by atoms with E-state index in [-0.39, 0.29) is 29.4 Å². The first kappa shape index (κ1) is 60.6. The molecule has 1 aliphatic rings. The van der Waals surface area contributed by atoms with E-state index in [0.717, 1.165) is 64.1 Å². The Balaban J connectivity index is -0.000000785. The lowest BCUT2D eigenvalue weighted by atomic mass is 10.0. The van der Waals surface area contributed by atoms with Gasteiger partial charge in [0.15, 0.2) is 0 Å². The number of nitrogens with one attached hydrogen (secondary N) is 5. The lowest BCUT2D eigenvalue weighted by Crippen LogP contribution is -2.38. The molecule has 0 aromatic rings. The van der Waals surface area contributed by atoms with Gasteiger partial charge in [0.1, 0.15) is 12.3 Å². The van der Waals surface area contributed by atoms with Gasteiger partial charge < -0.3 is 36.3 Å². The Kier molecular flexibility index (Phi) is 47.6. The standard InChI is InChI=1S/C16H30O3.C12H22N4O3S2.C12H24N2O3.C2H6/c17-15-13-11-9-7-5-3-1-2-4-6-8-10-12-14-16(18)19;17-8-13-5-2-1-3-10-11(18)14-7-16(10)6-4-9(15-21)12(19)20;1-3-4-5-6-9-14-11(15)8-7-10(13-2)12(16)17;1-2/h15H,1-14H2,(H,18,19);8-10,15,21H,1-7H2,(H,13,17)(H,14,18)(H,19,20);10,13H,3-9H2,1-2H3,(H,14,15)(H,16,17);1-2H3. The van der Waals surface area contributed by atoms with Crippen molar-refractivity contribution in [3.63, 3.8) is 0 Å². The summed E-state index contributed by atoms with van der Waals surface area (Å²) >= 11 is 7.70. The van der Waals surface area contributed by atoms with Gasteiger partial charge in [-0.15, -0.1) is 12.6 Å². The van der Waals surface area contributed by atoms with Crippen LogP contribution >= 0.6 is 25.4 Å². The summed E-state index contributed by atoms with van der Waals surface area (Å²) in [6.45, 7) is 8.56. The lowest BCUT2D eigenvalue weighted by molar-refractivity contribution is -0.140. The molecule has 7 N–H and O–H groups in total. The molecule has 0 aromatic heterocycles. The van der Waals surface area contributed by atoms with Crippen molar-refractivity contribution in [2.75, 3.05) is 33.4 Å². The van der Waals surface area contributed by atoms with Crippen molar-refractivity contribution < 1.29 is 43.8 Å². The van der Waals surface area contributed by atoms with Crippen molar-refractivity contribution >= 4 is 67.0 Å². The van der Waals surface area contributed by atoms with Gasteiger partial charge in [-0.1, -0.05) is 117 Å². The minimum Gasteiger partial charge on any atom is -0.481 e. The van der Waals surface area contributed by atoms with Gasteiger partial charge in [-0.05, 0) is 58.4 Å². The number of nitrogens with zero attached hydrogens (tertiary/aromatic N) is 1. The van der Waals surface area contributed by atoms with Crippen LogP contribution in [0.2, 0.25) is 0 Å². The zero-order chi connectivity index (χ0) is 44.9. The first-order chi connectivity index (χ1) is 28.5.